The Bertz CT molecular complexity index is 514. The molecule has 2 heterocycles. The number of rotatable bonds is 3. The third-order valence-electron chi connectivity index (χ3n) is 3.39. The summed E-state index contributed by atoms with van der Waals surface area (Å²) in [5.74, 6) is 0.755. The van der Waals surface area contributed by atoms with E-state index < -0.39 is 6.10 Å². The van der Waals surface area contributed by atoms with Crippen LogP contribution in [0.25, 0.3) is 0 Å². The molecule has 1 unspecified atom stereocenters. The molecular formula is C14H16BrNO4. The van der Waals surface area contributed by atoms with Crippen LogP contribution in [0.1, 0.15) is 11.1 Å². The van der Waals surface area contributed by atoms with Crippen molar-refractivity contribution in [2.75, 3.05) is 26.4 Å². The molecule has 0 aromatic heterocycles. The van der Waals surface area contributed by atoms with Crippen molar-refractivity contribution >= 4 is 21.8 Å². The lowest BCUT2D eigenvalue weighted by molar-refractivity contribution is -0.147. The highest BCUT2D eigenvalue weighted by atomic mass is 79.9. The van der Waals surface area contributed by atoms with Crippen LogP contribution in [0, 0.1) is 0 Å². The molecule has 5 nitrogen and oxygen atoms in total. The highest BCUT2D eigenvalue weighted by Gasteiger charge is 2.23. The Morgan fingerprint density at radius 2 is 2.25 bits per heavy atom. The molecule has 1 saturated heterocycles. The third kappa shape index (κ3) is 2.97. The van der Waals surface area contributed by atoms with Crippen LogP contribution in [0.5, 0.6) is 5.75 Å². The molecule has 2 aliphatic heterocycles. The number of halogens is 1. The molecule has 108 valence electrons. The highest BCUT2D eigenvalue weighted by Crippen LogP contribution is 2.32. The Kier molecular flexibility index (Phi) is 4.24. The molecule has 2 aliphatic rings. The Balaban J connectivity index is 1.65. The average Bonchev–Trinajstić information content (AvgIpc) is 2.93. The summed E-state index contributed by atoms with van der Waals surface area (Å²) in [6, 6.07) is 4.04. The van der Waals surface area contributed by atoms with Gasteiger partial charge in [0.25, 0.3) is 5.91 Å². The zero-order chi connectivity index (χ0) is 13.9. The van der Waals surface area contributed by atoms with Gasteiger partial charge in [0.05, 0.1) is 26.4 Å². The van der Waals surface area contributed by atoms with Crippen LogP contribution in [-0.4, -0.2) is 38.4 Å². The molecular weight excluding hydrogens is 326 g/mol. The summed E-state index contributed by atoms with van der Waals surface area (Å²) in [5, 5.41) is 2.88. The number of amides is 1. The topological polar surface area (TPSA) is 56.8 Å². The Morgan fingerprint density at radius 3 is 3.05 bits per heavy atom. The molecule has 1 aromatic rings. The van der Waals surface area contributed by atoms with Gasteiger partial charge in [0.2, 0.25) is 0 Å². The Morgan fingerprint density at radius 1 is 1.35 bits per heavy atom. The largest absolute Gasteiger partial charge is 0.493 e. The number of hydrogen-bond acceptors (Lipinski definition) is 4. The first-order chi connectivity index (χ1) is 9.74. The number of hydrogen-bond donors (Lipinski definition) is 1. The molecule has 6 heteroatoms. The van der Waals surface area contributed by atoms with E-state index in [-0.39, 0.29) is 5.91 Å². The van der Waals surface area contributed by atoms with Gasteiger partial charge in [0.1, 0.15) is 5.75 Å². The lowest BCUT2D eigenvalue weighted by atomic mass is 10.1. The first-order valence-electron chi connectivity index (χ1n) is 6.65. The number of fused-ring (bicyclic) bond motifs is 1. The van der Waals surface area contributed by atoms with E-state index in [9.17, 15) is 4.79 Å². The minimum atomic E-state index is -0.509. The van der Waals surface area contributed by atoms with Gasteiger partial charge in [-0.25, -0.2) is 0 Å². The number of carbonyl (C=O) groups is 1. The Hall–Kier alpha value is -1.11. The fraction of sp³-hybridized carbons (Fsp3) is 0.500. The first-order valence-corrected chi connectivity index (χ1v) is 7.44. The number of carbonyl (C=O) groups excluding carboxylic acids is 1. The van der Waals surface area contributed by atoms with Gasteiger partial charge in [0.15, 0.2) is 6.10 Å². The van der Waals surface area contributed by atoms with Crippen LogP contribution in [0.4, 0.5) is 0 Å². The van der Waals surface area contributed by atoms with E-state index in [1.807, 2.05) is 6.07 Å². The van der Waals surface area contributed by atoms with E-state index in [0.717, 1.165) is 22.2 Å². The fourth-order valence-electron chi connectivity index (χ4n) is 2.41. The van der Waals surface area contributed by atoms with Crippen molar-refractivity contribution in [1.29, 1.82) is 0 Å². The lowest BCUT2D eigenvalue weighted by Gasteiger charge is -2.22. The van der Waals surface area contributed by atoms with Crippen LogP contribution < -0.4 is 10.1 Å². The van der Waals surface area contributed by atoms with Crippen LogP contribution in [0.3, 0.4) is 0 Å². The van der Waals surface area contributed by atoms with E-state index in [1.165, 1.54) is 5.56 Å². The maximum absolute atomic E-state index is 12.0. The molecule has 1 aromatic carbocycles. The van der Waals surface area contributed by atoms with E-state index in [0.29, 0.717) is 33.0 Å². The quantitative estimate of drug-likeness (QED) is 0.903. The number of ether oxygens (including phenoxy) is 3. The van der Waals surface area contributed by atoms with Crippen LogP contribution >= 0.6 is 15.9 Å². The van der Waals surface area contributed by atoms with E-state index >= 15 is 0 Å². The van der Waals surface area contributed by atoms with Crippen molar-refractivity contribution in [3.8, 4) is 5.75 Å². The maximum Gasteiger partial charge on any atom is 0.251 e. The molecule has 0 saturated carbocycles. The predicted molar refractivity (Wildman–Crippen MR) is 75.7 cm³/mol. The lowest BCUT2D eigenvalue weighted by Crippen LogP contribution is -2.42. The molecule has 1 fully saturated rings. The molecule has 3 rings (SSSR count). The highest BCUT2D eigenvalue weighted by molar-refractivity contribution is 9.10. The minimum absolute atomic E-state index is 0.142. The van der Waals surface area contributed by atoms with Gasteiger partial charge in [-0.3, -0.25) is 4.79 Å². The second-order valence-corrected chi connectivity index (χ2v) is 5.72. The summed E-state index contributed by atoms with van der Waals surface area (Å²) >= 11 is 3.49. The summed E-state index contributed by atoms with van der Waals surface area (Å²) in [6.07, 6.45) is 0.403. The second kappa shape index (κ2) is 6.11. The van der Waals surface area contributed by atoms with Gasteiger partial charge in [-0.2, -0.15) is 0 Å². The van der Waals surface area contributed by atoms with Crippen molar-refractivity contribution < 1.29 is 19.0 Å². The normalized spacial score (nSPS) is 21.1. The molecule has 0 radical (unpaired) electrons. The smallest absolute Gasteiger partial charge is 0.251 e. The van der Waals surface area contributed by atoms with Crippen molar-refractivity contribution in [1.82, 2.24) is 5.32 Å². The van der Waals surface area contributed by atoms with Gasteiger partial charge in [-0.15, -0.1) is 0 Å². The molecule has 1 atom stereocenters. The number of nitrogens with one attached hydrogen (secondary N) is 1. The predicted octanol–water partition coefficient (Wildman–Crippen LogP) is 1.42. The molecule has 0 aliphatic carbocycles. The van der Waals surface area contributed by atoms with Crippen molar-refractivity contribution in [2.24, 2.45) is 0 Å². The fourth-order valence-corrected chi connectivity index (χ4v) is 2.97. The summed E-state index contributed by atoms with van der Waals surface area (Å²) in [4.78, 5) is 12.0. The second-order valence-electron chi connectivity index (χ2n) is 4.80. The summed E-state index contributed by atoms with van der Waals surface area (Å²) < 4.78 is 17.2. The van der Waals surface area contributed by atoms with Crippen molar-refractivity contribution in [2.45, 2.75) is 19.1 Å². The average molecular weight is 342 g/mol. The van der Waals surface area contributed by atoms with Gasteiger partial charge < -0.3 is 19.5 Å². The first kappa shape index (κ1) is 13.9. The monoisotopic (exact) mass is 341 g/mol. The zero-order valence-corrected chi connectivity index (χ0v) is 12.6. The van der Waals surface area contributed by atoms with E-state index in [4.69, 9.17) is 14.2 Å². The molecule has 1 N–H and O–H groups in total. The van der Waals surface area contributed by atoms with E-state index in [2.05, 4.69) is 27.3 Å². The van der Waals surface area contributed by atoms with Crippen LogP contribution in [0.15, 0.2) is 16.6 Å². The number of benzene rings is 1. The van der Waals surface area contributed by atoms with Gasteiger partial charge >= 0.3 is 0 Å². The Labute approximate surface area is 125 Å². The summed E-state index contributed by atoms with van der Waals surface area (Å²) in [5.41, 5.74) is 2.16. The van der Waals surface area contributed by atoms with Gasteiger partial charge in [0, 0.05) is 23.0 Å². The van der Waals surface area contributed by atoms with Crippen molar-refractivity contribution in [3.63, 3.8) is 0 Å². The van der Waals surface area contributed by atoms with Gasteiger partial charge in [-0.05, 0) is 17.7 Å². The third-order valence-corrected chi connectivity index (χ3v) is 3.84. The summed E-state index contributed by atoms with van der Waals surface area (Å²) in [6.45, 7) is 2.47. The molecule has 20 heavy (non-hydrogen) atoms. The standard InChI is InChI=1S/C14H16BrNO4/c15-11-5-9-1-2-20-13(9)10(6-11)7-16-14(17)12-8-18-3-4-19-12/h5-6,12H,1-4,7-8H2,(H,16,17). The molecule has 0 bridgehead atoms. The zero-order valence-electron chi connectivity index (χ0n) is 11.0. The van der Waals surface area contributed by atoms with Crippen LogP contribution in [0.2, 0.25) is 0 Å². The molecule has 1 amide bonds. The minimum Gasteiger partial charge on any atom is -0.493 e. The SMILES string of the molecule is O=C(NCc1cc(Br)cc2c1OCC2)C1COCCO1. The maximum atomic E-state index is 12.0. The molecule has 0 spiro atoms. The van der Waals surface area contributed by atoms with Crippen LogP contribution in [-0.2, 0) is 27.2 Å². The summed E-state index contributed by atoms with van der Waals surface area (Å²) in [7, 11) is 0. The van der Waals surface area contributed by atoms with Gasteiger partial charge in [-0.1, -0.05) is 15.9 Å². The van der Waals surface area contributed by atoms with E-state index in [1.54, 1.807) is 0 Å². The van der Waals surface area contributed by atoms with Crippen molar-refractivity contribution in [3.05, 3.63) is 27.7 Å².